The topological polar surface area (TPSA) is 56.1 Å². The number of rotatable bonds is 5. The van der Waals surface area contributed by atoms with Gasteiger partial charge in [-0.05, 0) is 35.9 Å². The second-order valence-electron chi connectivity index (χ2n) is 5.70. The zero-order chi connectivity index (χ0) is 18.7. The second-order valence-corrected chi connectivity index (χ2v) is 6.14. The molecule has 26 heavy (non-hydrogen) atoms. The molecule has 1 heterocycles. The van der Waals surface area contributed by atoms with Crippen molar-refractivity contribution in [3.8, 4) is 5.75 Å². The molecule has 0 spiro atoms. The molecule has 3 aromatic rings. The first kappa shape index (κ1) is 17.9. The van der Waals surface area contributed by atoms with Gasteiger partial charge in [0.1, 0.15) is 23.4 Å². The summed E-state index contributed by atoms with van der Waals surface area (Å²) in [6.07, 6.45) is 3.42. The van der Waals surface area contributed by atoms with E-state index in [0.717, 1.165) is 11.6 Å². The van der Waals surface area contributed by atoms with E-state index in [1.54, 1.807) is 36.2 Å². The molecule has 0 saturated heterocycles. The first-order valence-corrected chi connectivity index (χ1v) is 8.24. The molecule has 0 aliphatic heterocycles. The Morgan fingerprint density at radius 3 is 2.58 bits per heavy atom. The highest BCUT2D eigenvalue weighted by Gasteiger charge is 2.23. The summed E-state index contributed by atoms with van der Waals surface area (Å²) >= 11 is 5.76. The van der Waals surface area contributed by atoms with Crippen molar-refractivity contribution in [3.63, 3.8) is 0 Å². The lowest BCUT2D eigenvalue weighted by Crippen LogP contribution is -2.31. The molecule has 1 aromatic heterocycles. The molecule has 0 saturated carbocycles. The van der Waals surface area contributed by atoms with Gasteiger partial charge in [-0.2, -0.15) is 0 Å². The van der Waals surface area contributed by atoms with Crippen molar-refractivity contribution in [1.29, 1.82) is 0 Å². The van der Waals surface area contributed by atoms with E-state index in [4.69, 9.17) is 16.3 Å². The minimum atomic E-state index is -0.677. The largest absolute Gasteiger partial charge is 0.497 e. The SMILES string of the molecule is COc1ccc(C(NC(=O)c2ccc(Cl)cc2F)c2nccn2C)cc1. The number of ether oxygens (including phenoxy) is 1. The number of carbonyl (C=O) groups excluding carboxylic acids is 1. The van der Waals surface area contributed by atoms with Gasteiger partial charge in [0.05, 0.1) is 12.7 Å². The quantitative estimate of drug-likeness (QED) is 0.741. The van der Waals surface area contributed by atoms with E-state index in [2.05, 4.69) is 10.3 Å². The third kappa shape index (κ3) is 3.70. The summed E-state index contributed by atoms with van der Waals surface area (Å²) in [6, 6.07) is 10.6. The van der Waals surface area contributed by atoms with Gasteiger partial charge < -0.3 is 14.6 Å². The Morgan fingerprint density at radius 1 is 1.27 bits per heavy atom. The van der Waals surface area contributed by atoms with E-state index in [1.165, 1.54) is 12.1 Å². The number of imidazole rings is 1. The predicted molar refractivity (Wildman–Crippen MR) is 96.9 cm³/mol. The van der Waals surface area contributed by atoms with Gasteiger partial charge in [0.2, 0.25) is 0 Å². The lowest BCUT2D eigenvalue weighted by Gasteiger charge is -2.19. The molecule has 134 valence electrons. The van der Waals surface area contributed by atoms with Crippen molar-refractivity contribution in [2.75, 3.05) is 7.11 Å². The number of halogens is 2. The van der Waals surface area contributed by atoms with Crippen molar-refractivity contribution in [3.05, 3.63) is 82.6 Å². The van der Waals surface area contributed by atoms with E-state index in [1.807, 2.05) is 19.2 Å². The zero-order valence-corrected chi connectivity index (χ0v) is 15.0. The van der Waals surface area contributed by atoms with Gasteiger partial charge in [-0.3, -0.25) is 4.79 Å². The summed E-state index contributed by atoms with van der Waals surface area (Å²) in [5.74, 6) is 0.0895. The number of benzene rings is 2. The minimum absolute atomic E-state index is 0.0814. The van der Waals surface area contributed by atoms with Crippen molar-refractivity contribution in [2.45, 2.75) is 6.04 Å². The molecule has 1 N–H and O–H groups in total. The Kier molecular flexibility index (Phi) is 5.23. The number of hydrogen-bond acceptors (Lipinski definition) is 3. The lowest BCUT2D eigenvalue weighted by atomic mass is 10.0. The molecule has 0 aliphatic carbocycles. The van der Waals surface area contributed by atoms with Crippen LogP contribution in [0.2, 0.25) is 5.02 Å². The van der Waals surface area contributed by atoms with Crippen LogP contribution in [-0.2, 0) is 7.05 Å². The van der Waals surface area contributed by atoms with Crippen molar-refractivity contribution in [1.82, 2.24) is 14.9 Å². The van der Waals surface area contributed by atoms with Crippen LogP contribution in [0.15, 0.2) is 54.9 Å². The molecule has 0 bridgehead atoms. The fourth-order valence-electron chi connectivity index (χ4n) is 2.63. The van der Waals surface area contributed by atoms with Crippen LogP contribution in [0.3, 0.4) is 0 Å². The van der Waals surface area contributed by atoms with Crippen LogP contribution in [0.1, 0.15) is 27.8 Å². The Morgan fingerprint density at radius 2 is 2.00 bits per heavy atom. The van der Waals surface area contributed by atoms with Crippen LogP contribution in [-0.4, -0.2) is 22.6 Å². The van der Waals surface area contributed by atoms with Gasteiger partial charge in [0, 0.05) is 24.5 Å². The minimum Gasteiger partial charge on any atom is -0.497 e. The van der Waals surface area contributed by atoms with Gasteiger partial charge in [-0.1, -0.05) is 23.7 Å². The highest BCUT2D eigenvalue weighted by atomic mass is 35.5. The first-order valence-electron chi connectivity index (χ1n) is 7.86. The molecule has 0 aliphatic rings. The number of aromatic nitrogens is 2. The van der Waals surface area contributed by atoms with Crippen LogP contribution in [0, 0.1) is 5.82 Å². The summed E-state index contributed by atoms with van der Waals surface area (Å²) in [4.78, 5) is 17.0. The van der Waals surface area contributed by atoms with Gasteiger partial charge in [0.25, 0.3) is 5.91 Å². The normalized spacial score (nSPS) is 11.8. The van der Waals surface area contributed by atoms with Crippen molar-refractivity contribution >= 4 is 17.5 Å². The van der Waals surface area contributed by atoms with Crippen LogP contribution in [0.5, 0.6) is 5.75 Å². The van der Waals surface area contributed by atoms with Crippen LogP contribution >= 0.6 is 11.6 Å². The monoisotopic (exact) mass is 373 g/mol. The third-order valence-corrected chi connectivity index (χ3v) is 4.25. The summed E-state index contributed by atoms with van der Waals surface area (Å²) in [5.41, 5.74) is 0.713. The van der Waals surface area contributed by atoms with Crippen molar-refractivity contribution in [2.24, 2.45) is 7.05 Å². The lowest BCUT2D eigenvalue weighted by molar-refractivity contribution is 0.0937. The molecular weight excluding hydrogens is 357 g/mol. The first-order chi connectivity index (χ1) is 12.5. The van der Waals surface area contributed by atoms with Gasteiger partial charge in [0.15, 0.2) is 0 Å². The number of hydrogen-bond donors (Lipinski definition) is 1. The van der Waals surface area contributed by atoms with E-state index in [-0.39, 0.29) is 10.6 Å². The molecule has 1 atom stereocenters. The molecule has 0 radical (unpaired) electrons. The molecule has 0 fully saturated rings. The highest BCUT2D eigenvalue weighted by Crippen LogP contribution is 2.24. The number of methoxy groups -OCH3 is 1. The van der Waals surface area contributed by atoms with E-state index >= 15 is 0 Å². The average Bonchev–Trinajstić information content (AvgIpc) is 3.05. The Balaban J connectivity index is 1.95. The fraction of sp³-hybridized carbons (Fsp3) is 0.158. The number of carbonyl (C=O) groups is 1. The predicted octanol–water partition coefficient (Wildman–Crippen LogP) is 3.74. The zero-order valence-electron chi connectivity index (χ0n) is 14.2. The van der Waals surface area contributed by atoms with E-state index < -0.39 is 17.8 Å². The van der Waals surface area contributed by atoms with E-state index in [0.29, 0.717) is 11.6 Å². The summed E-state index contributed by atoms with van der Waals surface area (Å²) < 4.78 is 21.1. The van der Waals surface area contributed by atoms with Crippen LogP contribution in [0.25, 0.3) is 0 Å². The third-order valence-electron chi connectivity index (χ3n) is 4.02. The number of nitrogens with one attached hydrogen (secondary N) is 1. The highest BCUT2D eigenvalue weighted by molar-refractivity contribution is 6.30. The van der Waals surface area contributed by atoms with Crippen molar-refractivity contribution < 1.29 is 13.9 Å². The molecule has 7 heteroatoms. The summed E-state index contributed by atoms with van der Waals surface area (Å²) in [7, 11) is 3.41. The Hall–Kier alpha value is -2.86. The Bertz CT molecular complexity index is 925. The van der Waals surface area contributed by atoms with Crippen LogP contribution < -0.4 is 10.1 Å². The molecule has 2 aromatic carbocycles. The van der Waals surface area contributed by atoms with Crippen LogP contribution in [0.4, 0.5) is 4.39 Å². The van der Waals surface area contributed by atoms with Gasteiger partial charge in [-0.15, -0.1) is 0 Å². The fourth-order valence-corrected chi connectivity index (χ4v) is 2.79. The molecule has 1 amide bonds. The average molecular weight is 374 g/mol. The van der Waals surface area contributed by atoms with Gasteiger partial charge >= 0.3 is 0 Å². The van der Waals surface area contributed by atoms with Gasteiger partial charge in [-0.25, -0.2) is 9.37 Å². The van der Waals surface area contributed by atoms with E-state index in [9.17, 15) is 9.18 Å². The maximum absolute atomic E-state index is 14.1. The number of nitrogens with zero attached hydrogens (tertiary/aromatic N) is 2. The molecule has 1 unspecified atom stereocenters. The second kappa shape index (κ2) is 7.58. The number of aryl methyl sites for hydroxylation is 1. The maximum Gasteiger partial charge on any atom is 0.255 e. The number of amides is 1. The molecular formula is C19H17ClFN3O2. The Labute approximate surface area is 155 Å². The standard InChI is InChI=1S/C19H17ClFN3O2/c1-24-10-9-22-18(24)17(12-3-6-14(26-2)7-4-12)23-19(25)15-8-5-13(20)11-16(15)21/h3-11,17H,1-2H3,(H,23,25). The maximum atomic E-state index is 14.1. The molecule has 3 rings (SSSR count). The summed E-state index contributed by atoms with van der Waals surface area (Å²) in [5, 5.41) is 3.08. The molecule has 5 nitrogen and oxygen atoms in total. The summed E-state index contributed by atoms with van der Waals surface area (Å²) in [6.45, 7) is 0. The smallest absolute Gasteiger partial charge is 0.255 e.